The molecule has 1 heterocycles. The molecule has 0 saturated carbocycles. The molecule has 0 aliphatic carbocycles. The van der Waals surface area contributed by atoms with Gasteiger partial charge in [0.1, 0.15) is 5.82 Å². The Kier molecular flexibility index (Phi) is 5.63. The van der Waals surface area contributed by atoms with Gasteiger partial charge in [-0.05, 0) is 55.8 Å². The van der Waals surface area contributed by atoms with Crippen LogP contribution in [0, 0.1) is 19.7 Å². The molecule has 6 nitrogen and oxygen atoms in total. The number of carbonyl (C=O) groups excluding carboxylic acids is 1. The normalized spacial score (nSPS) is 10.6. The van der Waals surface area contributed by atoms with Crippen LogP contribution in [0.2, 0.25) is 0 Å². The SMILES string of the molecule is COc1ccc(Cn2nc(C)c(NC(=O)c3ccc(F)cc3)c2C)cc1OC. The van der Waals surface area contributed by atoms with Crippen LogP contribution in [0.4, 0.5) is 10.1 Å². The van der Waals surface area contributed by atoms with Gasteiger partial charge in [0.25, 0.3) is 5.91 Å². The molecule has 0 atom stereocenters. The fourth-order valence-corrected chi connectivity index (χ4v) is 2.97. The molecule has 0 spiro atoms. The number of rotatable bonds is 6. The molecule has 28 heavy (non-hydrogen) atoms. The second-order valence-electron chi connectivity index (χ2n) is 6.35. The third-order valence-corrected chi connectivity index (χ3v) is 4.51. The average Bonchev–Trinajstić information content (AvgIpc) is 2.95. The van der Waals surface area contributed by atoms with Gasteiger partial charge in [0.15, 0.2) is 11.5 Å². The van der Waals surface area contributed by atoms with E-state index in [9.17, 15) is 9.18 Å². The van der Waals surface area contributed by atoms with E-state index in [1.807, 2.05) is 36.7 Å². The summed E-state index contributed by atoms with van der Waals surface area (Å²) >= 11 is 0. The Hall–Kier alpha value is -3.35. The molecule has 3 aromatic rings. The molecule has 0 radical (unpaired) electrons. The standard InChI is InChI=1S/C21H22FN3O3/c1-13-20(23-21(26)16-6-8-17(22)9-7-16)14(2)25(24-13)12-15-5-10-18(27-3)19(11-15)28-4/h5-11H,12H2,1-4H3,(H,23,26). The van der Waals surface area contributed by atoms with Crippen molar-refractivity contribution >= 4 is 11.6 Å². The molecule has 0 aliphatic heterocycles. The molecule has 0 unspecified atom stereocenters. The number of benzene rings is 2. The van der Waals surface area contributed by atoms with Crippen LogP contribution in [0.5, 0.6) is 11.5 Å². The van der Waals surface area contributed by atoms with E-state index in [2.05, 4.69) is 10.4 Å². The van der Waals surface area contributed by atoms with Gasteiger partial charge in [-0.1, -0.05) is 6.07 Å². The second kappa shape index (κ2) is 8.12. The van der Waals surface area contributed by atoms with Crippen molar-refractivity contribution < 1.29 is 18.7 Å². The lowest BCUT2D eigenvalue weighted by atomic mass is 10.2. The smallest absolute Gasteiger partial charge is 0.255 e. The number of halogens is 1. The highest BCUT2D eigenvalue weighted by Gasteiger charge is 2.16. The van der Waals surface area contributed by atoms with Crippen LogP contribution < -0.4 is 14.8 Å². The van der Waals surface area contributed by atoms with Crippen LogP contribution in [0.15, 0.2) is 42.5 Å². The fraction of sp³-hybridized carbons (Fsp3) is 0.238. The number of anilines is 1. The van der Waals surface area contributed by atoms with Crippen LogP contribution >= 0.6 is 0 Å². The number of amides is 1. The van der Waals surface area contributed by atoms with Gasteiger partial charge in [-0.2, -0.15) is 5.10 Å². The molecule has 0 saturated heterocycles. The largest absolute Gasteiger partial charge is 0.493 e. The highest BCUT2D eigenvalue weighted by Crippen LogP contribution is 2.28. The van der Waals surface area contributed by atoms with Gasteiger partial charge >= 0.3 is 0 Å². The van der Waals surface area contributed by atoms with Crippen molar-refractivity contribution in [2.24, 2.45) is 0 Å². The third kappa shape index (κ3) is 3.98. The zero-order valence-corrected chi connectivity index (χ0v) is 16.2. The Morgan fingerprint density at radius 3 is 2.39 bits per heavy atom. The van der Waals surface area contributed by atoms with Gasteiger partial charge < -0.3 is 14.8 Å². The molecule has 0 bridgehead atoms. The summed E-state index contributed by atoms with van der Waals surface area (Å²) in [5.74, 6) is 0.613. The monoisotopic (exact) mass is 383 g/mol. The Labute approximate surface area is 162 Å². The summed E-state index contributed by atoms with van der Waals surface area (Å²) in [6.45, 7) is 4.23. The van der Waals surface area contributed by atoms with Crippen LogP contribution in [0.3, 0.4) is 0 Å². The maximum absolute atomic E-state index is 13.1. The minimum atomic E-state index is -0.383. The second-order valence-corrected chi connectivity index (χ2v) is 6.35. The molecule has 3 rings (SSSR count). The van der Waals surface area contributed by atoms with E-state index < -0.39 is 0 Å². The van der Waals surface area contributed by atoms with Crippen LogP contribution in [0.25, 0.3) is 0 Å². The first-order chi connectivity index (χ1) is 13.4. The molecule has 7 heteroatoms. The van der Waals surface area contributed by atoms with Gasteiger partial charge in [0.05, 0.1) is 37.8 Å². The average molecular weight is 383 g/mol. The van der Waals surface area contributed by atoms with Crippen LogP contribution in [-0.2, 0) is 6.54 Å². The van der Waals surface area contributed by atoms with Crippen LogP contribution in [0.1, 0.15) is 27.3 Å². The maximum Gasteiger partial charge on any atom is 0.255 e. The van der Waals surface area contributed by atoms with E-state index in [1.165, 1.54) is 24.3 Å². The van der Waals surface area contributed by atoms with Crippen molar-refractivity contribution in [1.29, 1.82) is 0 Å². The Morgan fingerprint density at radius 2 is 1.75 bits per heavy atom. The number of ether oxygens (including phenoxy) is 2. The number of hydrogen-bond donors (Lipinski definition) is 1. The predicted molar refractivity (Wildman–Crippen MR) is 105 cm³/mol. The minimum Gasteiger partial charge on any atom is -0.493 e. The van der Waals surface area contributed by atoms with Crippen molar-refractivity contribution in [2.45, 2.75) is 20.4 Å². The number of aromatic nitrogens is 2. The molecule has 146 valence electrons. The van der Waals surface area contributed by atoms with E-state index >= 15 is 0 Å². The summed E-state index contributed by atoms with van der Waals surface area (Å²) in [4.78, 5) is 12.5. The first-order valence-electron chi connectivity index (χ1n) is 8.74. The lowest BCUT2D eigenvalue weighted by Crippen LogP contribution is -2.13. The summed E-state index contributed by atoms with van der Waals surface area (Å²) in [6.07, 6.45) is 0. The Balaban J connectivity index is 1.82. The van der Waals surface area contributed by atoms with Crippen LogP contribution in [-0.4, -0.2) is 29.9 Å². The number of aryl methyl sites for hydroxylation is 1. The summed E-state index contributed by atoms with van der Waals surface area (Å²) in [6, 6.07) is 11.1. The van der Waals surface area contributed by atoms with Gasteiger partial charge in [0, 0.05) is 5.56 Å². The summed E-state index contributed by atoms with van der Waals surface area (Å²) in [5, 5.41) is 7.41. The summed E-state index contributed by atoms with van der Waals surface area (Å²) in [7, 11) is 3.18. The van der Waals surface area contributed by atoms with E-state index in [4.69, 9.17) is 9.47 Å². The quantitative estimate of drug-likeness (QED) is 0.700. The van der Waals surface area contributed by atoms with E-state index in [0.29, 0.717) is 35.0 Å². The lowest BCUT2D eigenvalue weighted by Gasteiger charge is -2.11. The Morgan fingerprint density at radius 1 is 1.07 bits per heavy atom. The molecule has 2 aromatic carbocycles. The molecule has 0 fully saturated rings. The first-order valence-corrected chi connectivity index (χ1v) is 8.74. The zero-order valence-electron chi connectivity index (χ0n) is 16.2. The van der Waals surface area contributed by atoms with E-state index in [0.717, 1.165) is 11.3 Å². The topological polar surface area (TPSA) is 65.4 Å². The van der Waals surface area contributed by atoms with Crippen molar-refractivity contribution in [2.75, 3.05) is 19.5 Å². The van der Waals surface area contributed by atoms with Crippen molar-refractivity contribution in [3.8, 4) is 11.5 Å². The fourth-order valence-electron chi connectivity index (χ4n) is 2.97. The molecule has 1 amide bonds. The van der Waals surface area contributed by atoms with E-state index in [1.54, 1.807) is 14.2 Å². The van der Waals surface area contributed by atoms with Crippen molar-refractivity contribution in [3.05, 3.63) is 70.8 Å². The number of hydrogen-bond acceptors (Lipinski definition) is 4. The van der Waals surface area contributed by atoms with Gasteiger partial charge in [-0.15, -0.1) is 0 Å². The molecular weight excluding hydrogens is 361 g/mol. The predicted octanol–water partition coefficient (Wildman–Crippen LogP) is 3.96. The van der Waals surface area contributed by atoms with Gasteiger partial charge in [-0.3, -0.25) is 9.48 Å². The number of nitrogens with zero attached hydrogens (tertiary/aromatic N) is 2. The third-order valence-electron chi connectivity index (χ3n) is 4.51. The highest BCUT2D eigenvalue weighted by atomic mass is 19.1. The highest BCUT2D eigenvalue weighted by molar-refractivity contribution is 6.04. The number of methoxy groups -OCH3 is 2. The molecule has 0 aliphatic rings. The summed E-state index contributed by atoms with van der Waals surface area (Å²) < 4.78 is 25.5. The maximum atomic E-state index is 13.1. The van der Waals surface area contributed by atoms with E-state index in [-0.39, 0.29) is 11.7 Å². The lowest BCUT2D eigenvalue weighted by molar-refractivity contribution is 0.102. The van der Waals surface area contributed by atoms with Crippen molar-refractivity contribution in [3.63, 3.8) is 0 Å². The molecule has 1 N–H and O–H groups in total. The molecular formula is C21H22FN3O3. The summed E-state index contributed by atoms with van der Waals surface area (Å²) in [5.41, 5.74) is 3.54. The van der Waals surface area contributed by atoms with Gasteiger partial charge in [-0.25, -0.2) is 4.39 Å². The zero-order chi connectivity index (χ0) is 20.3. The number of carbonyl (C=O) groups is 1. The minimum absolute atomic E-state index is 0.308. The van der Waals surface area contributed by atoms with Gasteiger partial charge in [0.2, 0.25) is 0 Å². The van der Waals surface area contributed by atoms with Crippen molar-refractivity contribution in [1.82, 2.24) is 9.78 Å². The number of nitrogens with one attached hydrogen (secondary N) is 1. The first kappa shape index (κ1) is 19.4. The molecule has 1 aromatic heterocycles. The Bertz CT molecular complexity index is 997.